The summed E-state index contributed by atoms with van der Waals surface area (Å²) in [5, 5.41) is 2.65. The molecule has 0 aliphatic carbocycles. The lowest BCUT2D eigenvalue weighted by molar-refractivity contribution is 0.0509. The van der Waals surface area contributed by atoms with Crippen molar-refractivity contribution in [3.8, 4) is 0 Å². The molecule has 150 valence electrons. The van der Waals surface area contributed by atoms with Gasteiger partial charge in [-0.25, -0.2) is 9.59 Å². The van der Waals surface area contributed by atoms with Gasteiger partial charge in [0.05, 0.1) is 12.2 Å². The van der Waals surface area contributed by atoms with Crippen LogP contribution in [0.5, 0.6) is 0 Å². The molecule has 1 amide bonds. The lowest BCUT2D eigenvalue weighted by Crippen LogP contribution is -2.28. The molecule has 1 N–H and O–H groups in total. The zero-order valence-electron chi connectivity index (χ0n) is 16.5. The predicted octanol–water partition coefficient (Wildman–Crippen LogP) is 3.98. The quantitative estimate of drug-likeness (QED) is 0.628. The number of ether oxygens (including phenoxy) is 2. The van der Waals surface area contributed by atoms with Crippen LogP contribution in [0.1, 0.15) is 29.8 Å². The van der Waals surface area contributed by atoms with Gasteiger partial charge in [-0.15, -0.1) is 0 Å². The van der Waals surface area contributed by atoms with E-state index < -0.39 is 6.09 Å². The van der Waals surface area contributed by atoms with Crippen molar-refractivity contribution in [2.24, 2.45) is 0 Å². The average Bonchev–Trinajstić information content (AvgIpc) is 2.72. The number of rotatable bonds is 10. The van der Waals surface area contributed by atoms with Crippen LogP contribution in [0.2, 0.25) is 0 Å². The van der Waals surface area contributed by atoms with Crippen LogP contribution >= 0.6 is 0 Å². The van der Waals surface area contributed by atoms with Crippen molar-refractivity contribution < 1.29 is 19.1 Å². The fraction of sp³-hybridized carbons (Fsp3) is 0.364. The summed E-state index contributed by atoms with van der Waals surface area (Å²) < 4.78 is 10.5. The van der Waals surface area contributed by atoms with Crippen molar-refractivity contribution in [3.63, 3.8) is 0 Å². The highest BCUT2D eigenvalue weighted by atomic mass is 16.5. The number of hydrogen-bond donors (Lipinski definition) is 1. The van der Waals surface area contributed by atoms with E-state index in [4.69, 9.17) is 9.47 Å². The van der Waals surface area contributed by atoms with Gasteiger partial charge >= 0.3 is 12.1 Å². The summed E-state index contributed by atoms with van der Waals surface area (Å²) in [6.07, 6.45) is 0.163. The van der Waals surface area contributed by atoms with Crippen LogP contribution in [0.15, 0.2) is 54.6 Å². The lowest BCUT2D eigenvalue weighted by atomic mass is 10.2. The molecule has 0 heterocycles. The second kappa shape index (κ2) is 11.8. The van der Waals surface area contributed by atoms with E-state index in [1.807, 2.05) is 30.3 Å². The second-order valence-electron chi connectivity index (χ2n) is 6.24. The van der Waals surface area contributed by atoms with E-state index in [2.05, 4.69) is 24.1 Å². The SMILES string of the molecule is CCN(CC)CCOC(=O)Nc1ccc(C(=O)OCCc2ccccc2)cc1. The number of nitrogens with zero attached hydrogens (tertiary/aromatic N) is 1. The van der Waals surface area contributed by atoms with E-state index in [1.165, 1.54) is 0 Å². The van der Waals surface area contributed by atoms with Gasteiger partial charge in [0.2, 0.25) is 0 Å². The summed E-state index contributed by atoms with van der Waals surface area (Å²) in [6.45, 7) is 7.33. The minimum Gasteiger partial charge on any atom is -0.462 e. The van der Waals surface area contributed by atoms with E-state index in [0.717, 1.165) is 18.7 Å². The third kappa shape index (κ3) is 7.40. The third-order valence-electron chi connectivity index (χ3n) is 4.37. The Morgan fingerprint density at radius 1 is 0.893 bits per heavy atom. The molecule has 0 radical (unpaired) electrons. The van der Waals surface area contributed by atoms with Crippen molar-refractivity contribution in [1.82, 2.24) is 4.90 Å². The molecule has 0 saturated carbocycles. The molecule has 0 unspecified atom stereocenters. The number of carbonyl (C=O) groups is 2. The van der Waals surface area contributed by atoms with Crippen LogP contribution in [0.4, 0.5) is 10.5 Å². The summed E-state index contributed by atoms with van der Waals surface area (Å²) >= 11 is 0. The van der Waals surface area contributed by atoms with Gasteiger partial charge in [-0.1, -0.05) is 44.2 Å². The largest absolute Gasteiger partial charge is 0.462 e. The minimum absolute atomic E-state index is 0.321. The van der Waals surface area contributed by atoms with Gasteiger partial charge < -0.3 is 14.4 Å². The molecule has 28 heavy (non-hydrogen) atoms. The molecule has 0 fully saturated rings. The molecule has 0 aromatic heterocycles. The number of carbonyl (C=O) groups excluding carboxylic acids is 2. The van der Waals surface area contributed by atoms with Crippen LogP contribution in [0.25, 0.3) is 0 Å². The zero-order valence-corrected chi connectivity index (χ0v) is 16.5. The van der Waals surface area contributed by atoms with Crippen molar-refractivity contribution in [1.29, 1.82) is 0 Å². The fourth-order valence-corrected chi connectivity index (χ4v) is 2.64. The Bertz CT molecular complexity index is 728. The molecule has 0 atom stereocenters. The number of nitrogens with one attached hydrogen (secondary N) is 1. The van der Waals surface area contributed by atoms with Crippen LogP contribution < -0.4 is 5.32 Å². The predicted molar refractivity (Wildman–Crippen MR) is 110 cm³/mol. The zero-order chi connectivity index (χ0) is 20.2. The topological polar surface area (TPSA) is 67.9 Å². The number of likely N-dealkylation sites (N-methyl/N-ethyl adjacent to an activating group) is 1. The molecule has 0 aliphatic rings. The van der Waals surface area contributed by atoms with Crippen LogP contribution in [0.3, 0.4) is 0 Å². The number of benzene rings is 2. The summed E-state index contributed by atoms with van der Waals surface area (Å²) in [5.41, 5.74) is 2.12. The molecule has 0 saturated heterocycles. The standard InChI is InChI=1S/C22H28N2O4/c1-3-24(4-2)15-17-28-22(26)23-20-12-10-19(11-13-20)21(25)27-16-14-18-8-6-5-7-9-18/h5-13H,3-4,14-17H2,1-2H3,(H,23,26). The van der Waals surface area contributed by atoms with E-state index in [9.17, 15) is 9.59 Å². The third-order valence-corrected chi connectivity index (χ3v) is 4.37. The maximum atomic E-state index is 12.1. The first kappa shape index (κ1) is 21.4. The normalized spacial score (nSPS) is 10.5. The molecule has 2 aromatic carbocycles. The molecular formula is C22H28N2O4. The van der Waals surface area contributed by atoms with E-state index >= 15 is 0 Å². The van der Waals surface area contributed by atoms with Crippen molar-refractivity contribution in [3.05, 3.63) is 65.7 Å². The molecule has 0 spiro atoms. The van der Waals surface area contributed by atoms with E-state index in [1.54, 1.807) is 24.3 Å². The monoisotopic (exact) mass is 384 g/mol. The number of anilines is 1. The average molecular weight is 384 g/mol. The molecule has 6 heteroatoms. The molecule has 2 rings (SSSR count). The van der Waals surface area contributed by atoms with E-state index in [-0.39, 0.29) is 5.97 Å². The Labute approximate surface area is 166 Å². The first-order chi connectivity index (χ1) is 13.6. The first-order valence-corrected chi connectivity index (χ1v) is 9.59. The summed E-state index contributed by atoms with van der Waals surface area (Å²) in [6, 6.07) is 16.4. The Hall–Kier alpha value is -2.86. The molecular weight excluding hydrogens is 356 g/mol. The van der Waals surface area contributed by atoms with Gasteiger partial charge in [-0.2, -0.15) is 0 Å². The second-order valence-corrected chi connectivity index (χ2v) is 6.24. The highest BCUT2D eigenvalue weighted by Gasteiger charge is 2.09. The molecule has 0 bridgehead atoms. The molecule has 0 aliphatic heterocycles. The summed E-state index contributed by atoms with van der Waals surface area (Å²) in [4.78, 5) is 26.1. The van der Waals surface area contributed by atoms with Gasteiger partial charge in [-0.3, -0.25) is 5.32 Å². The van der Waals surface area contributed by atoms with Gasteiger partial charge in [0.15, 0.2) is 0 Å². The number of amides is 1. The van der Waals surface area contributed by atoms with Crippen molar-refractivity contribution >= 4 is 17.7 Å². The highest BCUT2D eigenvalue weighted by molar-refractivity contribution is 5.91. The van der Waals surface area contributed by atoms with Gasteiger partial charge in [0, 0.05) is 18.7 Å². The molecule has 2 aromatic rings. The van der Waals surface area contributed by atoms with Crippen molar-refractivity contribution in [2.45, 2.75) is 20.3 Å². The van der Waals surface area contributed by atoms with Crippen molar-refractivity contribution in [2.75, 3.05) is 38.2 Å². The Kier molecular flexibility index (Phi) is 9.01. The first-order valence-electron chi connectivity index (χ1n) is 9.59. The smallest absolute Gasteiger partial charge is 0.411 e. The van der Waals surface area contributed by atoms with Crippen LogP contribution in [-0.4, -0.2) is 49.8 Å². The van der Waals surface area contributed by atoms with Gasteiger partial charge in [-0.05, 0) is 42.9 Å². The number of hydrogen-bond acceptors (Lipinski definition) is 5. The van der Waals surface area contributed by atoms with E-state index in [0.29, 0.717) is 37.4 Å². The van der Waals surface area contributed by atoms with Crippen LogP contribution in [-0.2, 0) is 15.9 Å². The van der Waals surface area contributed by atoms with Gasteiger partial charge in [0.1, 0.15) is 6.61 Å². The Morgan fingerprint density at radius 2 is 1.57 bits per heavy atom. The fourth-order valence-electron chi connectivity index (χ4n) is 2.64. The Balaban J connectivity index is 1.72. The maximum Gasteiger partial charge on any atom is 0.411 e. The highest BCUT2D eigenvalue weighted by Crippen LogP contribution is 2.11. The Morgan fingerprint density at radius 3 is 2.21 bits per heavy atom. The van der Waals surface area contributed by atoms with Crippen LogP contribution in [0, 0.1) is 0 Å². The molecule has 6 nitrogen and oxygen atoms in total. The summed E-state index contributed by atoms with van der Waals surface area (Å²) in [7, 11) is 0. The lowest BCUT2D eigenvalue weighted by Gasteiger charge is -2.17. The minimum atomic E-state index is -0.509. The number of esters is 1. The van der Waals surface area contributed by atoms with Gasteiger partial charge in [0.25, 0.3) is 0 Å². The maximum absolute atomic E-state index is 12.1. The summed E-state index contributed by atoms with van der Waals surface area (Å²) in [5.74, 6) is -0.385.